The first kappa shape index (κ1) is 12.6. The number of hydrogen-bond acceptors (Lipinski definition) is 2. The molecule has 0 aliphatic carbocycles. The zero-order chi connectivity index (χ0) is 13.0. The third-order valence-electron chi connectivity index (χ3n) is 3.39. The molecule has 4 nitrogen and oxygen atoms in total. The van der Waals surface area contributed by atoms with Gasteiger partial charge >= 0.3 is 6.03 Å². The lowest BCUT2D eigenvalue weighted by molar-refractivity contribution is -0.109. The zero-order valence-corrected chi connectivity index (χ0v) is 10.5. The van der Waals surface area contributed by atoms with Crippen molar-refractivity contribution in [1.82, 2.24) is 10.2 Å². The molecule has 1 aliphatic rings. The molecule has 0 unspecified atom stereocenters. The first-order valence-electron chi connectivity index (χ1n) is 6.29. The van der Waals surface area contributed by atoms with E-state index < -0.39 is 6.04 Å². The van der Waals surface area contributed by atoms with E-state index in [1.54, 1.807) is 4.90 Å². The van der Waals surface area contributed by atoms with Crippen LogP contribution in [-0.2, 0) is 4.79 Å². The molecule has 96 valence electrons. The van der Waals surface area contributed by atoms with Crippen LogP contribution in [0, 0.1) is 0 Å². The summed E-state index contributed by atoms with van der Waals surface area (Å²) in [4.78, 5) is 24.9. The van der Waals surface area contributed by atoms with Gasteiger partial charge in [-0.1, -0.05) is 30.3 Å². The first-order valence-corrected chi connectivity index (χ1v) is 6.29. The number of likely N-dealkylation sites (tertiary alicyclic amines) is 1. The van der Waals surface area contributed by atoms with Crippen molar-refractivity contribution >= 4 is 12.3 Å². The average molecular weight is 246 g/mol. The van der Waals surface area contributed by atoms with Crippen molar-refractivity contribution in [3.8, 4) is 0 Å². The third-order valence-corrected chi connectivity index (χ3v) is 3.39. The monoisotopic (exact) mass is 246 g/mol. The maximum atomic E-state index is 12.1. The van der Waals surface area contributed by atoms with Crippen LogP contribution in [-0.4, -0.2) is 29.8 Å². The summed E-state index contributed by atoms with van der Waals surface area (Å²) in [5.41, 5.74) is 0.813. The minimum absolute atomic E-state index is 0.152. The Kier molecular flexibility index (Phi) is 3.97. The number of benzene rings is 1. The molecule has 18 heavy (non-hydrogen) atoms. The number of hydrogen-bond donors (Lipinski definition) is 1. The summed E-state index contributed by atoms with van der Waals surface area (Å²) in [7, 11) is 0. The maximum absolute atomic E-state index is 12.1. The standard InChI is InChI=1S/C14H18N2O2/c1-11-6-5-9-16(11)14(18)15-13(10-17)12-7-3-2-4-8-12/h2-4,7-8,10-11,13H,5-6,9H2,1H3,(H,15,18)/t11-,13+/m1/s1. The molecule has 0 aromatic heterocycles. The van der Waals surface area contributed by atoms with E-state index in [1.165, 1.54) is 0 Å². The van der Waals surface area contributed by atoms with Crippen LogP contribution in [0.2, 0.25) is 0 Å². The summed E-state index contributed by atoms with van der Waals surface area (Å²) in [5.74, 6) is 0. The summed E-state index contributed by atoms with van der Waals surface area (Å²) in [6.45, 7) is 2.80. The second-order valence-electron chi connectivity index (χ2n) is 4.66. The maximum Gasteiger partial charge on any atom is 0.318 e. The van der Waals surface area contributed by atoms with Gasteiger partial charge in [-0.05, 0) is 25.3 Å². The fraction of sp³-hybridized carbons (Fsp3) is 0.429. The van der Waals surface area contributed by atoms with Crippen LogP contribution in [0.4, 0.5) is 4.79 Å². The Balaban J connectivity index is 2.03. The van der Waals surface area contributed by atoms with E-state index in [4.69, 9.17) is 0 Å². The molecule has 0 bridgehead atoms. The number of carbonyl (C=O) groups is 2. The van der Waals surface area contributed by atoms with Crippen molar-refractivity contribution in [3.05, 3.63) is 35.9 Å². The van der Waals surface area contributed by atoms with Gasteiger partial charge in [0, 0.05) is 12.6 Å². The highest BCUT2D eigenvalue weighted by Crippen LogP contribution is 2.17. The van der Waals surface area contributed by atoms with Crippen LogP contribution in [0.5, 0.6) is 0 Å². The smallest absolute Gasteiger partial charge is 0.318 e. The molecule has 1 aliphatic heterocycles. The van der Waals surface area contributed by atoms with Gasteiger partial charge in [-0.15, -0.1) is 0 Å². The Bertz CT molecular complexity index is 419. The first-order chi connectivity index (χ1) is 8.72. The average Bonchev–Trinajstić information content (AvgIpc) is 2.83. The second kappa shape index (κ2) is 5.67. The van der Waals surface area contributed by atoms with Crippen molar-refractivity contribution in [2.24, 2.45) is 0 Å². The summed E-state index contributed by atoms with van der Waals surface area (Å²) >= 11 is 0. The van der Waals surface area contributed by atoms with Gasteiger partial charge in [0.2, 0.25) is 0 Å². The molecule has 1 saturated heterocycles. The van der Waals surface area contributed by atoms with E-state index in [9.17, 15) is 9.59 Å². The fourth-order valence-electron chi connectivity index (χ4n) is 2.31. The van der Waals surface area contributed by atoms with E-state index in [1.807, 2.05) is 37.3 Å². The van der Waals surface area contributed by atoms with E-state index in [0.717, 1.165) is 31.2 Å². The van der Waals surface area contributed by atoms with Gasteiger partial charge in [0.1, 0.15) is 12.3 Å². The summed E-state index contributed by atoms with van der Waals surface area (Å²) in [5, 5.41) is 2.77. The van der Waals surface area contributed by atoms with E-state index in [2.05, 4.69) is 5.32 Å². The van der Waals surface area contributed by atoms with Crippen LogP contribution < -0.4 is 5.32 Å². The van der Waals surface area contributed by atoms with Gasteiger partial charge in [-0.2, -0.15) is 0 Å². The Morgan fingerprint density at radius 3 is 2.72 bits per heavy atom. The Labute approximate surface area is 107 Å². The van der Waals surface area contributed by atoms with Crippen molar-refractivity contribution in [2.45, 2.75) is 31.8 Å². The van der Waals surface area contributed by atoms with Crippen molar-refractivity contribution in [2.75, 3.05) is 6.54 Å². The van der Waals surface area contributed by atoms with E-state index >= 15 is 0 Å². The van der Waals surface area contributed by atoms with Crippen LogP contribution in [0.3, 0.4) is 0 Å². The SMILES string of the molecule is C[C@@H]1CCCN1C(=O)N[C@@H](C=O)c1ccccc1. The molecule has 1 heterocycles. The lowest BCUT2D eigenvalue weighted by atomic mass is 10.1. The van der Waals surface area contributed by atoms with Gasteiger partial charge in [0.05, 0.1) is 0 Å². The van der Waals surface area contributed by atoms with Gasteiger partial charge in [-0.3, -0.25) is 0 Å². The Morgan fingerprint density at radius 2 is 2.17 bits per heavy atom. The minimum atomic E-state index is -0.563. The molecular formula is C14H18N2O2. The predicted octanol–water partition coefficient (Wildman–Crippen LogP) is 2.12. The molecule has 2 rings (SSSR count). The van der Waals surface area contributed by atoms with Gasteiger partial charge in [-0.25, -0.2) is 4.79 Å². The predicted molar refractivity (Wildman–Crippen MR) is 69.2 cm³/mol. The molecule has 2 amide bonds. The van der Waals surface area contributed by atoms with Crippen molar-refractivity contribution in [3.63, 3.8) is 0 Å². The molecule has 1 aromatic carbocycles. The van der Waals surface area contributed by atoms with Gasteiger partial charge < -0.3 is 15.0 Å². The molecule has 2 atom stereocenters. The van der Waals surface area contributed by atoms with Gasteiger partial charge in [0.15, 0.2) is 0 Å². The summed E-state index contributed by atoms with van der Waals surface area (Å²) in [6, 6.07) is 8.82. The van der Waals surface area contributed by atoms with Crippen molar-refractivity contribution < 1.29 is 9.59 Å². The molecular weight excluding hydrogens is 228 g/mol. The highest BCUT2D eigenvalue weighted by atomic mass is 16.2. The van der Waals surface area contributed by atoms with Crippen LogP contribution in [0.25, 0.3) is 0 Å². The van der Waals surface area contributed by atoms with Crippen LogP contribution in [0.15, 0.2) is 30.3 Å². The number of urea groups is 1. The molecule has 1 aromatic rings. The topological polar surface area (TPSA) is 49.4 Å². The molecule has 0 spiro atoms. The molecule has 4 heteroatoms. The zero-order valence-electron chi connectivity index (χ0n) is 10.5. The molecule has 1 fully saturated rings. The lowest BCUT2D eigenvalue weighted by Crippen LogP contribution is -2.43. The lowest BCUT2D eigenvalue weighted by Gasteiger charge is -2.24. The number of amides is 2. The van der Waals surface area contributed by atoms with E-state index in [0.29, 0.717) is 0 Å². The molecule has 0 saturated carbocycles. The Morgan fingerprint density at radius 1 is 1.44 bits per heavy atom. The molecule has 1 N–H and O–H groups in total. The normalized spacial score (nSPS) is 20.5. The number of nitrogens with one attached hydrogen (secondary N) is 1. The van der Waals surface area contributed by atoms with Crippen LogP contribution >= 0.6 is 0 Å². The van der Waals surface area contributed by atoms with Gasteiger partial charge in [0.25, 0.3) is 0 Å². The third kappa shape index (κ3) is 2.70. The minimum Gasteiger partial charge on any atom is -0.324 e. The fourth-order valence-corrected chi connectivity index (χ4v) is 2.31. The van der Waals surface area contributed by atoms with Crippen molar-refractivity contribution in [1.29, 1.82) is 0 Å². The largest absolute Gasteiger partial charge is 0.324 e. The van der Waals surface area contributed by atoms with Crippen LogP contribution in [0.1, 0.15) is 31.4 Å². The highest BCUT2D eigenvalue weighted by molar-refractivity contribution is 5.79. The quantitative estimate of drug-likeness (QED) is 0.830. The summed E-state index contributed by atoms with van der Waals surface area (Å²) < 4.78 is 0. The number of carbonyl (C=O) groups excluding carboxylic acids is 2. The summed E-state index contributed by atoms with van der Waals surface area (Å²) in [6.07, 6.45) is 2.84. The number of rotatable bonds is 3. The Hall–Kier alpha value is -1.84. The highest BCUT2D eigenvalue weighted by Gasteiger charge is 2.26. The van der Waals surface area contributed by atoms with E-state index in [-0.39, 0.29) is 12.1 Å². The molecule has 0 radical (unpaired) electrons. The number of nitrogens with zero attached hydrogens (tertiary/aromatic N) is 1. The second-order valence-corrected chi connectivity index (χ2v) is 4.66. The number of aldehydes is 1.